The molecule has 1 radical (unpaired) electrons. The second-order valence-corrected chi connectivity index (χ2v) is 7.58. The number of ether oxygens (including phenoxy) is 1. The first kappa shape index (κ1) is 14.1. The Morgan fingerprint density at radius 1 is 1.36 bits per heavy atom. The van der Waals surface area contributed by atoms with Crippen LogP contribution >= 0.6 is 0 Å². The first-order chi connectivity index (χ1) is 10.7. The summed E-state index contributed by atoms with van der Waals surface area (Å²) in [6.45, 7) is 2.48. The Morgan fingerprint density at radius 2 is 2.23 bits per heavy atom. The van der Waals surface area contributed by atoms with Crippen molar-refractivity contribution in [3.63, 3.8) is 0 Å². The fourth-order valence-corrected chi connectivity index (χ4v) is 5.54. The predicted octanol–water partition coefficient (Wildman–Crippen LogP) is 4.38. The quantitative estimate of drug-likeness (QED) is 0.617. The number of oxime groups is 1. The number of methoxy groups -OCH3 is 1. The van der Waals surface area contributed by atoms with Gasteiger partial charge in [-0.15, -0.1) is 0 Å². The first-order valence-electron chi connectivity index (χ1n) is 8.47. The Kier molecular flexibility index (Phi) is 3.21. The van der Waals surface area contributed by atoms with Crippen LogP contribution in [0.1, 0.15) is 62.5 Å². The van der Waals surface area contributed by atoms with Gasteiger partial charge in [-0.2, -0.15) is 0 Å². The highest BCUT2D eigenvalue weighted by Crippen LogP contribution is 2.60. The van der Waals surface area contributed by atoms with Gasteiger partial charge in [0, 0.05) is 11.6 Å². The van der Waals surface area contributed by atoms with Crippen molar-refractivity contribution in [3.05, 3.63) is 29.3 Å². The lowest BCUT2D eigenvalue weighted by molar-refractivity contribution is 0.0712. The molecule has 3 heteroatoms. The molecule has 2 fully saturated rings. The van der Waals surface area contributed by atoms with E-state index in [4.69, 9.17) is 4.74 Å². The van der Waals surface area contributed by atoms with E-state index in [2.05, 4.69) is 24.2 Å². The third-order valence-corrected chi connectivity index (χ3v) is 6.65. The monoisotopic (exact) mass is 298 g/mol. The second-order valence-electron chi connectivity index (χ2n) is 7.58. The molecule has 2 saturated carbocycles. The zero-order chi connectivity index (χ0) is 15.3. The van der Waals surface area contributed by atoms with E-state index >= 15 is 0 Å². The third-order valence-electron chi connectivity index (χ3n) is 6.65. The van der Waals surface area contributed by atoms with Crippen LogP contribution in [-0.4, -0.2) is 18.0 Å². The summed E-state index contributed by atoms with van der Waals surface area (Å²) in [5, 5.41) is 13.1. The van der Waals surface area contributed by atoms with E-state index in [-0.39, 0.29) is 0 Å². The average molecular weight is 298 g/mol. The molecule has 0 bridgehead atoms. The van der Waals surface area contributed by atoms with Gasteiger partial charge in [0.05, 0.1) is 12.8 Å². The first-order valence-corrected chi connectivity index (χ1v) is 8.47. The molecule has 117 valence electrons. The topological polar surface area (TPSA) is 41.8 Å². The maximum absolute atomic E-state index is 9.50. The number of hydrogen-bond donors (Lipinski definition) is 1. The van der Waals surface area contributed by atoms with Gasteiger partial charge in [0.15, 0.2) is 0 Å². The summed E-state index contributed by atoms with van der Waals surface area (Å²) in [4.78, 5) is 0. The van der Waals surface area contributed by atoms with Crippen LogP contribution in [0.2, 0.25) is 0 Å². The maximum Gasteiger partial charge on any atom is 0.127 e. The van der Waals surface area contributed by atoms with Crippen molar-refractivity contribution in [2.45, 2.75) is 51.4 Å². The summed E-state index contributed by atoms with van der Waals surface area (Å²) >= 11 is 0. The van der Waals surface area contributed by atoms with E-state index in [1.165, 1.54) is 37.7 Å². The summed E-state index contributed by atoms with van der Waals surface area (Å²) in [6, 6.07) is 7.21. The molecule has 3 nitrogen and oxygen atoms in total. The van der Waals surface area contributed by atoms with Crippen LogP contribution < -0.4 is 4.74 Å². The van der Waals surface area contributed by atoms with E-state index in [9.17, 15) is 5.21 Å². The highest BCUT2D eigenvalue weighted by Gasteiger charge is 2.51. The van der Waals surface area contributed by atoms with Crippen molar-refractivity contribution in [2.75, 3.05) is 7.11 Å². The smallest absolute Gasteiger partial charge is 0.127 e. The van der Waals surface area contributed by atoms with Gasteiger partial charge in [0.1, 0.15) is 5.75 Å². The molecule has 3 aliphatic carbocycles. The average Bonchev–Trinajstić information content (AvgIpc) is 2.95. The molecule has 0 spiro atoms. The van der Waals surface area contributed by atoms with Gasteiger partial charge in [-0.25, -0.2) is 0 Å². The van der Waals surface area contributed by atoms with Gasteiger partial charge in [0.2, 0.25) is 0 Å². The Bertz CT molecular complexity index is 624. The van der Waals surface area contributed by atoms with Crippen molar-refractivity contribution in [2.24, 2.45) is 22.4 Å². The molecule has 0 aliphatic heterocycles. The molecule has 0 unspecified atom stereocenters. The summed E-state index contributed by atoms with van der Waals surface area (Å²) in [7, 11) is 1.69. The van der Waals surface area contributed by atoms with Crippen LogP contribution in [0, 0.1) is 23.3 Å². The van der Waals surface area contributed by atoms with Gasteiger partial charge in [0.25, 0.3) is 0 Å². The zero-order valence-corrected chi connectivity index (χ0v) is 13.4. The van der Waals surface area contributed by atoms with Crippen LogP contribution in [0.15, 0.2) is 17.3 Å². The summed E-state index contributed by atoms with van der Waals surface area (Å²) in [6.07, 6.45) is 7.54. The number of benzene rings is 1. The van der Waals surface area contributed by atoms with E-state index in [0.717, 1.165) is 29.4 Å². The normalized spacial score (nSPS) is 38.3. The molecule has 0 heterocycles. The van der Waals surface area contributed by atoms with Crippen LogP contribution in [0.4, 0.5) is 0 Å². The molecule has 3 aliphatic rings. The lowest BCUT2D eigenvalue weighted by atomic mass is 9.55. The van der Waals surface area contributed by atoms with Gasteiger partial charge in [-0.05, 0) is 73.0 Å². The van der Waals surface area contributed by atoms with E-state index < -0.39 is 0 Å². The third kappa shape index (κ3) is 1.90. The molecule has 1 N–H and O–H groups in total. The predicted molar refractivity (Wildman–Crippen MR) is 85.7 cm³/mol. The molecular formula is C19H24NO2. The summed E-state index contributed by atoms with van der Waals surface area (Å²) in [5.41, 5.74) is 3.73. The van der Waals surface area contributed by atoms with Gasteiger partial charge < -0.3 is 9.94 Å². The molecule has 1 aromatic carbocycles. The van der Waals surface area contributed by atoms with Crippen molar-refractivity contribution < 1.29 is 9.94 Å². The Balaban J connectivity index is 1.80. The highest BCUT2D eigenvalue weighted by atomic mass is 16.5. The molecule has 4 rings (SSSR count). The summed E-state index contributed by atoms with van der Waals surface area (Å²) in [5.74, 6) is 2.76. The Labute approximate surface area is 132 Å². The molecule has 1 aromatic rings. The molecule has 0 amide bonds. The minimum Gasteiger partial charge on any atom is -0.496 e. The van der Waals surface area contributed by atoms with Gasteiger partial charge >= 0.3 is 0 Å². The zero-order valence-electron chi connectivity index (χ0n) is 13.4. The Hall–Kier alpha value is -1.51. The fraction of sp³-hybridized carbons (Fsp3) is 0.632. The van der Waals surface area contributed by atoms with Crippen LogP contribution in [0.5, 0.6) is 5.75 Å². The minimum absolute atomic E-state index is 0.504. The van der Waals surface area contributed by atoms with E-state index in [1.54, 1.807) is 7.11 Å². The lowest BCUT2D eigenvalue weighted by Crippen LogP contribution is -2.41. The largest absolute Gasteiger partial charge is 0.496 e. The minimum atomic E-state index is 0.504. The van der Waals surface area contributed by atoms with Crippen LogP contribution in [0.25, 0.3) is 0 Å². The lowest BCUT2D eigenvalue weighted by Gasteiger charge is -2.49. The molecule has 4 atom stereocenters. The van der Waals surface area contributed by atoms with Crippen LogP contribution in [0.3, 0.4) is 0 Å². The number of rotatable bonds is 1. The molecule has 0 aromatic heterocycles. The van der Waals surface area contributed by atoms with Crippen molar-refractivity contribution >= 4 is 5.71 Å². The van der Waals surface area contributed by atoms with E-state index in [1.807, 2.05) is 6.07 Å². The molecule has 22 heavy (non-hydrogen) atoms. The van der Waals surface area contributed by atoms with Gasteiger partial charge in [-0.1, -0.05) is 18.5 Å². The number of nitrogens with zero attached hydrogens (tertiary/aromatic N) is 1. The van der Waals surface area contributed by atoms with Gasteiger partial charge in [-0.3, -0.25) is 0 Å². The standard InChI is InChI=1S/C19H24NO2/c1-19-8-3-4-17(19)16-11-18(20-21)14-6-5-12(22-2)10-15(14)13(16)7-9-19/h6,10,13,16-17,21H,3-4,7-9,11H2,1-2H3/b20-18+/t13-,16-,17+,19+/m1/s1. The van der Waals surface area contributed by atoms with Crippen LogP contribution in [-0.2, 0) is 0 Å². The fourth-order valence-electron chi connectivity index (χ4n) is 5.54. The Morgan fingerprint density at radius 3 is 3.00 bits per heavy atom. The van der Waals surface area contributed by atoms with Crippen molar-refractivity contribution in [1.82, 2.24) is 0 Å². The summed E-state index contributed by atoms with van der Waals surface area (Å²) < 4.78 is 5.38. The van der Waals surface area contributed by atoms with Crippen molar-refractivity contribution in [1.29, 1.82) is 0 Å². The molecule has 0 saturated heterocycles. The second kappa shape index (κ2) is 5.00. The SMILES string of the molecule is COc1[c]cc2c(c1)[C@H]1CC[C@]3(C)CCC[C@H]3[C@@H]1C/C2=N\O. The molecular weight excluding hydrogens is 274 g/mol. The maximum atomic E-state index is 9.50. The number of fused-ring (bicyclic) bond motifs is 5. The van der Waals surface area contributed by atoms with Crippen molar-refractivity contribution in [3.8, 4) is 5.75 Å². The van der Waals surface area contributed by atoms with E-state index in [0.29, 0.717) is 17.3 Å². The highest BCUT2D eigenvalue weighted by molar-refractivity contribution is 6.03. The number of hydrogen-bond acceptors (Lipinski definition) is 3.